The van der Waals surface area contributed by atoms with Crippen molar-refractivity contribution in [2.75, 3.05) is 5.73 Å². The van der Waals surface area contributed by atoms with Gasteiger partial charge in [0.2, 0.25) is 0 Å². The lowest BCUT2D eigenvalue weighted by Crippen LogP contribution is -1.96. The topological polar surface area (TPSA) is 41.8 Å². The Morgan fingerprint density at radius 2 is 1.50 bits per heavy atom. The van der Waals surface area contributed by atoms with Crippen molar-refractivity contribution in [3.63, 3.8) is 0 Å². The normalized spacial score (nSPS) is 11.5. The molecule has 0 aliphatic heterocycles. The number of nitrogens with one attached hydrogen (secondary N) is 1. The Hall–Kier alpha value is -2.74. The highest BCUT2D eigenvalue weighted by molar-refractivity contribution is 6.11. The summed E-state index contributed by atoms with van der Waals surface area (Å²) in [7, 11) is 0. The summed E-state index contributed by atoms with van der Waals surface area (Å²) in [5, 5.41) is 2.62. The van der Waals surface area contributed by atoms with Gasteiger partial charge in [0.25, 0.3) is 0 Å². The summed E-state index contributed by atoms with van der Waals surface area (Å²) >= 11 is 0. The maximum Gasteiger partial charge on any atom is 0.0494 e. The Bertz CT molecular complexity index is 1100. The van der Waals surface area contributed by atoms with Crippen LogP contribution >= 0.6 is 0 Å². The highest BCUT2D eigenvalue weighted by atomic mass is 14.7. The van der Waals surface area contributed by atoms with E-state index < -0.39 is 0 Å². The zero-order valence-corrected chi connectivity index (χ0v) is 14.6. The average molecular weight is 314 g/mol. The predicted molar refractivity (Wildman–Crippen MR) is 105 cm³/mol. The van der Waals surface area contributed by atoms with E-state index in [1.807, 2.05) is 0 Å². The van der Waals surface area contributed by atoms with Gasteiger partial charge in [-0.15, -0.1) is 0 Å². The molecule has 3 aromatic carbocycles. The molecule has 0 saturated heterocycles. The van der Waals surface area contributed by atoms with Crippen molar-refractivity contribution in [2.24, 2.45) is 0 Å². The number of aromatic amines is 1. The summed E-state index contributed by atoms with van der Waals surface area (Å²) in [6, 6.07) is 15.0. The van der Waals surface area contributed by atoms with Gasteiger partial charge in [-0.05, 0) is 61.6 Å². The fraction of sp³-hybridized carbons (Fsp3) is 0.182. The van der Waals surface area contributed by atoms with E-state index in [2.05, 4.69) is 75.1 Å². The Kier molecular flexibility index (Phi) is 3.17. The summed E-state index contributed by atoms with van der Waals surface area (Å²) in [5.41, 5.74) is 17.0. The van der Waals surface area contributed by atoms with Crippen LogP contribution in [0.2, 0.25) is 0 Å². The molecule has 4 aromatic rings. The van der Waals surface area contributed by atoms with E-state index in [0.717, 1.165) is 16.8 Å². The van der Waals surface area contributed by atoms with Crippen LogP contribution in [0.3, 0.4) is 0 Å². The fourth-order valence-corrected chi connectivity index (χ4v) is 3.73. The van der Waals surface area contributed by atoms with Crippen molar-refractivity contribution >= 4 is 27.5 Å². The smallest absolute Gasteiger partial charge is 0.0494 e. The first-order valence-corrected chi connectivity index (χ1v) is 8.35. The highest BCUT2D eigenvalue weighted by Crippen LogP contribution is 2.38. The second-order valence-corrected chi connectivity index (χ2v) is 6.76. The van der Waals surface area contributed by atoms with Crippen LogP contribution in [-0.4, -0.2) is 4.98 Å². The van der Waals surface area contributed by atoms with Crippen LogP contribution in [0.15, 0.2) is 42.5 Å². The third-order valence-electron chi connectivity index (χ3n) is 5.32. The van der Waals surface area contributed by atoms with Gasteiger partial charge in [0.05, 0.1) is 0 Å². The van der Waals surface area contributed by atoms with E-state index in [1.165, 1.54) is 44.1 Å². The van der Waals surface area contributed by atoms with Crippen molar-refractivity contribution in [1.29, 1.82) is 0 Å². The molecule has 2 nitrogen and oxygen atoms in total. The van der Waals surface area contributed by atoms with Gasteiger partial charge < -0.3 is 10.7 Å². The van der Waals surface area contributed by atoms with E-state index in [4.69, 9.17) is 5.73 Å². The van der Waals surface area contributed by atoms with Crippen LogP contribution in [0.5, 0.6) is 0 Å². The Balaban J connectivity index is 2.13. The average Bonchev–Trinajstić information content (AvgIpc) is 2.94. The second-order valence-electron chi connectivity index (χ2n) is 6.76. The number of para-hydroxylation sites is 2. The maximum absolute atomic E-state index is 6.37. The van der Waals surface area contributed by atoms with Crippen LogP contribution in [0, 0.1) is 27.7 Å². The molecule has 3 N–H and O–H groups in total. The van der Waals surface area contributed by atoms with Crippen molar-refractivity contribution in [1.82, 2.24) is 4.98 Å². The molecule has 0 unspecified atom stereocenters. The number of aromatic nitrogens is 1. The molecule has 0 saturated carbocycles. The Morgan fingerprint density at radius 3 is 2.29 bits per heavy atom. The molecule has 0 aliphatic carbocycles. The summed E-state index contributed by atoms with van der Waals surface area (Å²) < 4.78 is 0. The number of benzene rings is 3. The monoisotopic (exact) mass is 314 g/mol. The molecule has 24 heavy (non-hydrogen) atoms. The molecule has 0 bridgehead atoms. The van der Waals surface area contributed by atoms with E-state index in [9.17, 15) is 0 Å². The number of aryl methyl sites for hydroxylation is 3. The summed E-state index contributed by atoms with van der Waals surface area (Å²) in [6.45, 7) is 8.62. The van der Waals surface area contributed by atoms with E-state index in [-0.39, 0.29) is 0 Å². The van der Waals surface area contributed by atoms with Crippen LogP contribution in [0.1, 0.15) is 22.3 Å². The molecular weight excluding hydrogens is 292 g/mol. The van der Waals surface area contributed by atoms with Gasteiger partial charge in [0.1, 0.15) is 0 Å². The highest BCUT2D eigenvalue weighted by Gasteiger charge is 2.15. The molecule has 1 heterocycles. The number of rotatable bonds is 1. The van der Waals surface area contributed by atoms with E-state index in [1.54, 1.807) is 0 Å². The van der Waals surface area contributed by atoms with Crippen molar-refractivity contribution in [3.8, 4) is 11.1 Å². The molecule has 0 fully saturated rings. The van der Waals surface area contributed by atoms with Crippen molar-refractivity contribution < 1.29 is 0 Å². The SMILES string of the molecule is Cc1cccc(-c2cc3[nH]c4c(C)cccc4c3c(C)c2C)c1N. The van der Waals surface area contributed by atoms with Gasteiger partial charge in [-0.3, -0.25) is 0 Å². The van der Waals surface area contributed by atoms with Gasteiger partial charge in [-0.25, -0.2) is 0 Å². The molecular formula is C22H22N2. The molecule has 0 spiro atoms. The first kappa shape index (κ1) is 14.8. The summed E-state index contributed by atoms with van der Waals surface area (Å²) in [5.74, 6) is 0. The fourth-order valence-electron chi connectivity index (χ4n) is 3.73. The van der Waals surface area contributed by atoms with E-state index >= 15 is 0 Å². The largest absolute Gasteiger partial charge is 0.398 e. The second kappa shape index (κ2) is 5.13. The third-order valence-corrected chi connectivity index (χ3v) is 5.32. The molecule has 1 aromatic heterocycles. The molecule has 2 heteroatoms. The zero-order valence-electron chi connectivity index (χ0n) is 14.6. The number of hydrogen-bond donors (Lipinski definition) is 2. The van der Waals surface area contributed by atoms with E-state index in [0.29, 0.717) is 0 Å². The molecule has 120 valence electrons. The Morgan fingerprint density at radius 1 is 0.792 bits per heavy atom. The minimum atomic E-state index is 0.867. The van der Waals surface area contributed by atoms with Gasteiger partial charge in [0.15, 0.2) is 0 Å². The molecule has 4 rings (SSSR count). The molecule has 0 radical (unpaired) electrons. The number of anilines is 1. The summed E-state index contributed by atoms with van der Waals surface area (Å²) in [6.07, 6.45) is 0. The number of nitrogen functional groups attached to an aromatic ring is 1. The van der Waals surface area contributed by atoms with Crippen LogP contribution in [-0.2, 0) is 0 Å². The van der Waals surface area contributed by atoms with Gasteiger partial charge in [-0.2, -0.15) is 0 Å². The maximum atomic E-state index is 6.37. The molecule has 0 aliphatic rings. The van der Waals surface area contributed by atoms with Crippen molar-refractivity contribution in [3.05, 3.63) is 64.7 Å². The molecule has 0 amide bonds. The number of fused-ring (bicyclic) bond motifs is 3. The lowest BCUT2D eigenvalue weighted by atomic mass is 9.91. The Labute approximate surface area is 142 Å². The molecule has 0 atom stereocenters. The predicted octanol–water partition coefficient (Wildman–Crippen LogP) is 5.80. The van der Waals surface area contributed by atoms with Gasteiger partial charge in [-0.1, -0.05) is 36.4 Å². The number of hydrogen-bond acceptors (Lipinski definition) is 1. The standard InChI is InChI=1S/C22H22N2/c1-12-7-5-9-16(21(12)23)18-11-19-20(15(4)14(18)3)17-10-6-8-13(2)22(17)24-19/h5-11,24H,23H2,1-4H3. The quantitative estimate of drug-likeness (QED) is 0.428. The lowest BCUT2D eigenvalue weighted by molar-refractivity contribution is 1.37. The number of H-pyrrole nitrogens is 1. The minimum absolute atomic E-state index is 0.867. The summed E-state index contributed by atoms with van der Waals surface area (Å²) in [4.78, 5) is 3.62. The minimum Gasteiger partial charge on any atom is -0.398 e. The van der Waals surface area contributed by atoms with Crippen LogP contribution < -0.4 is 5.73 Å². The van der Waals surface area contributed by atoms with Gasteiger partial charge >= 0.3 is 0 Å². The number of nitrogens with two attached hydrogens (primary N) is 1. The van der Waals surface area contributed by atoms with Crippen molar-refractivity contribution in [2.45, 2.75) is 27.7 Å². The first-order chi connectivity index (χ1) is 11.5. The van der Waals surface area contributed by atoms with Crippen LogP contribution in [0.25, 0.3) is 32.9 Å². The lowest BCUT2D eigenvalue weighted by Gasteiger charge is -2.14. The van der Waals surface area contributed by atoms with Crippen LogP contribution in [0.4, 0.5) is 5.69 Å². The zero-order chi connectivity index (χ0) is 17.0. The van der Waals surface area contributed by atoms with Gasteiger partial charge in [0, 0.05) is 33.1 Å². The first-order valence-electron chi connectivity index (χ1n) is 8.35. The third kappa shape index (κ3) is 1.96.